The van der Waals surface area contributed by atoms with Crippen LogP contribution >= 0.6 is 0 Å². The molecule has 2 aromatic carbocycles. The summed E-state index contributed by atoms with van der Waals surface area (Å²) in [6.45, 7) is 4.91. The highest BCUT2D eigenvalue weighted by molar-refractivity contribution is 7.89. The number of sulfonamides is 1. The molecule has 0 saturated carbocycles. The van der Waals surface area contributed by atoms with Crippen LogP contribution in [-0.4, -0.2) is 51.5 Å². The highest BCUT2D eigenvalue weighted by Gasteiger charge is 2.39. The van der Waals surface area contributed by atoms with Gasteiger partial charge < -0.3 is 19.5 Å². The minimum atomic E-state index is -3.83. The van der Waals surface area contributed by atoms with E-state index >= 15 is 0 Å². The molecule has 1 atom stereocenters. The third-order valence-electron chi connectivity index (χ3n) is 4.99. The molecule has 0 aromatic heterocycles. The molecule has 8 nitrogen and oxygen atoms in total. The van der Waals surface area contributed by atoms with Crippen molar-refractivity contribution >= 4 is 21.6 Å². The highest BCUT2D eigenvalue weighted by Crippen LogP contribution is 2.32. The molecule has 3 rings (SSSR count). The van der Waals surface area contributed by atoms with Crippen LogP contribution in [0.1, 0.15) is 26.7 Å². The monoisotopic (exact) mass is 448 g/mol. The van der Waals surface area contributed by atoms with E-state index in [2.05, 4.69) is 5.32 Å². The van der Waals surface area contributed by atoms with Crippen LogP contribution in [-0.2, 0) is 14.8 Å². The Balaban J connectivity index is 1.83. The number of benzene rings is 2. The summed E-state index contributed by atoms with van der Waals surface area (Å²) in [4.78, 5) is 13.2. The lowest BCUT2D eigenvalue weighted by Gasteiger charge is -2.24. The van der Waals surface area contributed by atoms with Gasteiger partial charge in [-0.15, -0.1) is 0 Å². The largest absolute Gasteiger partial charge is 0.497 e. The summed E-state index contributed by atoms with van der Waals surface area (Å²) in [5, 5.41) is 2.84. The number of methoxy groups -OCH3 is 1. The van der Waals surface area contributed by atoms with Crippen molar-refractivity contribution in [3.05, 3.63) is 42.5 Å². The lowest BCUT2D eigenvalue weighted by atomic mass is 10.2. The van der Waals surface area contributed by atoms with E-state index in [0.29, 0.717) is 49.0 Å². The van der Waals surface area contributed by atoms with E-state index < -0.39 is 22.0 Å². The van der Waals surface area contributed by atoms with E-state index in [0.717, 1.165) is 0 Å². The number of anilines is 1. The number of amides is 1. The Bertz CT molecular complexity index is 1010. The van der Waals surface area contributed by atoms with Gasteiger partial charge in [0, 0.05) is 12.6 Å². The van der Waals surface area contributed by atoms with Gasteiger partial charge in [-0.3, -0.25) is 4.79 Å². The zero-order chi connectivity index (χ0) is 22.4. The standard InChI is InChI=1S/C22H28N2O6S/c1-4-29-17-10-13-21(30-5-2)19(15-17)23-22(25)20-7-6-14-24(20)31(26,27)18-11-8-16(28-3)9-12-18/h8-13,15,20H,4-7,14H2,1-3H3,(H,23,25)/t20-/m0/s1. The first-order valence-corrected chi connectivity index (χ1v) is 11.7. The van der Waals surface area contributed by atoms with Gasteiger partial charge in [-0.05, 0) is 63.1 Å². The molecule has 1 saturated heterocycles. The zero-order valence-electron chi connectivity index (χ0n) is 18.0. The zero-order valence-corrected chi connectivity index (χ0v) is 18.8. The predicted molar refractivity (Wildman–Crippen MR) is 117 cm³/mol. The topological polar surface area (TPSA) is 94.2 Å². The third kappa shape index (κ3) is 5.11. The Morgan fingerprint density at radius 1 is 1.06 bits per heavy atom. The molecule has 31 heavy (non-hydrogen) atoms. The van der Waals surface area contributed by atoms with Crippen molar-refractivity contribution in [1.82, 2.24) is 4.31 Å². The molecule has 1 N–H and O–H groups in total. The lowest BCUT2D eigenvalue weighted by molar-refractivity contribution is -0.119. The first-order valence-electron chi connectivity index (χ1n) is 10.3. The fraction of sp³-hybridized carbons (Fsp3) is 0.409. The molecule has 0 bridgehead atoms. The second-order valence-corrected chi connectivity index (χ2v) is 8.85. The number of rotatable bonds is 9. The smallest absolute Gasteiger partial charge is 0.243 e. The van der Waals surface area contributed by atoms with Crippen LogP contribution in [0.3, 0.4) is 0 Å². The van der Waals surface area contributed by atoms with Crippen molar-refractivity contribution in [2.24, 2.45) is 0 Å². The van der Waals surface area contributed by atoms with Crippen LogP contribution in [0.2, 0.25) is 0 Å². The highest BCUT2D eigenvalue weighted by atomic mass is 32.2. The molecule has 0 radical (unpaired) electrons. The molecule has 1 heterocycles. The van der Waals surface area contributed by atoms with E-state index in [1.807, 2.05) is 13.8 Å². The summed E-state index contributed by atoms with van der Waals surface area (Å²) in [5.74, 6) is 1.26. The van der Waals surface area contributed by atoms with Gasteiger partial charge in [0.05, 0.1) is 30.9 Å². The summed E-state index contributed by atoms with van der Waals surface area (Å²) in [6, 6.07) is 10.5. The van der Waals surface area contributed by atoms with Crippen molar-refractivity contribution in [3.63, 3.8) is 0 Å². The van der Waals surface area contributed by atoms with Crippen LogP contribution in [0.25, 0.3) is 0 Å². The van der Waals surface area contributed by atoms with Crippen LogP contribution < -0.4 is 19.5 Å². The molecule has 1 fully saturated rings. The summed E-state index contributed by atoms with van der Waals surface area (Å²) in [7, 11) is -2.31. The number of carbonyl (C=O) groups is 1. The van der Waals surface area contributed by atoms with Gasteiger partial charge in [-0.2, -0.15) is 4.31 Å². The number of nitrogens with zero attached hydrogens (tertiary/aromatic N) is 1. The van der Waals surface area contributed by atoms with Gasteiger partial charge in [0.15, 0.2) is 0 Å². The molecule has 1 aliphatic heterocycles. The molecule has 1 aliphatic rings. The Hall–Kier alpha value is -2.78. The van der Waals surface area contributed by atoms with Crippen LogP contribution in [0.4, 0.5) is 5.69 Å². The van der Waals surface area contributed by atoms with Gasteiger partial charge in [0.1, 0.15) is 23.3 Å². The SMILES string of the molecule is CCOc1ccc(OCC)c(NC(=O)[C@@H]2CCCN2S(=O)(=O)c2ccc(OC)cc2)c1. The van der Waals surface area contributed by atoms with Crippen molar-refractivity contribution in [1.29, 1.82) is 0 Å². The van der Waals surface area contributed by atoms with Gasteiger partial charge in [-0.25, -0.2) is 8.42 Å². The molecule has 0 spiro atoms. The first-order chi connectivity index (χ1) is 14.9. The fourth-order valence-corrected chi connectivity index (χ4v) is 5.19. The predicted octanol–water partition coefficient (Wildman–Crippen LogP) is 3.28. The van der Waals surface area contributed by atoms with E-state index in [1.54, 1.807) is 30.3 Å². The molecule has 0 aliphatic carbocycles. The summed E-state index contributed by atoms with van der Waals surface area (Å²) in [5.41, 5.74) is 0.450. The minimum absolute atomic E-state index is 0.126. The number of hydrogen-bond acceptors (Lipinski definition) is 6. The number of nitrogens with one attached hydrogen (secondary N) is 1. The molecule has 0 unspecified atom stereocenters. The summed E-state index contributed by atoms with van der Waals surface area (Å²) in [6.07, 6.45) is 1.04. The normalized spacial score (nSPS) is 16.7. The number of ether oxygens (including phenoxy) is 3. The average molecular weight is 449 g/mol. The second kappa shape index (κ2) is 10.0. The first kappa shape index (κ1) is 22.9. The summed E-state index contributed by atoms with van der Waals surface area (Å²) < 4.78 is 43.8. The van der Waals surface area contributed by atoms with Gasteiger partial charge >= 0.3 is 0 Å². The maximum atomic E-state index is 13.2. The molecule has 2 aromatic rings. The van der Waals surface area contributed by atoms with E-state index in [4.69, 9.17) is 14.2 Å². The lowest BCUT2D eigenvalue weighted by Crippen LogP contribution is -2.43. The van der Waals surface area contributed by atoms with Crippen molar-refractivity contribution in [2.75, 3.05) is 32.2 Å². The van der Waals surface area contributed by atoms with Crippen LogP contribution in [0.5, 0.6) is 17.2 Å². The molecular weight excluding hydrogens is 420 g/mol. The van der Waals surface area contributed by atoms with Crippen LogP contribution in [0, 0.1) is 0 Å². The average Bonchev–Trinajstić information content (AvgIpc) is 3.27. The maximum absolute atomic E-state index is 13.2. The van der Waals surface area contributed by atoms with Crippen LogP contribution in [0.15, 0.2) is 47.4 Å². The van der Waals surface area contributed by atoms with Gasteiger partial charge in [0.2, 0.25) is 15.9 Å². The van der Waals surface area contributed by atoms with Crippen molar-refractivity contribution in [2.45, 2.75) is 37.6 Å². The Morgan fingerprint density at radius 2 is 1.74 bits per heavy atom. The van der Waals surface area contributed by atoms with Gasteiger partial charge in [0.25, 0.3) is 0 Å². The van der Waals surface area contributed by atoms with E-state index in [-0.39, 0.29) is 11.4 Å². The quantitative estimate of drug-likeness (QED) is 0.633. The Labute approximate surface area is 183 Å². The number of carbonyl (C=O) groups excluding carboxylic acids is 1. The number of hydrogen-bond donors (Lipinski definition) is 1. The van der Waals surface area contributed by atoms with Crippen molar-refractivity contribution in [3.8, 4) is 17.2 Å². The van der Waals surface area contributed by atoms with E-state index in [1.165, 1.54) is 23.5 Å². The van der Waals surface area contributed by atoms with E-state index in [9.17, 15) is 13.2 Å². The summed E-state index contributed by atoms with van der Waals surface area (Å²) >= 11 is 0. The Morgan fingerprint density at radius 3 is 2.39 bits per heavy atom. The van der Waals surface area contributed by atoms with Crippen molar-refractivity contribution < 1.29 is 27.4 Å². The molecule has 9 heteroatoms. The van der Waals surface area contributed by atoms with Gasteiger partial charge in [-0.1, -0.05) is 0 Å². The third-order valence-corrected chi connectivity index (χ3v) is 6.91. The maximum Gasteiger partial charge on any atom is 0.243 e. The fourth-order valence-electron chi connectivity index (χ4n) is 3.53. The molecule has 1 amide bonds. The second-order valence-electron chi connectivity index (χ2n) is 6.96. The minimum Gasteiger partial charge on any atom is -0.497 e. The molecular formula is C22H28N2O6S. The molecule has 168 valence electrons. The Kier molecular flexibility index (Phi) is 7.40.